The van der Waals surface area contributed by atoms with E-state index in [1.54, 1.807) is 32.1 Å². The van der Waals surface area contributed by atoms with Gasteiger partial charge < -0.3 is 4.74 Å². The van der Waals surface area contributed by atoms with Gasteiger partial charge in [0.15, 0.2) is 0 Å². The van der Waals surface area contributed by atoms with Crippen molar-refractivity contribution >= 4 is 12.0 Å². The van der Waals surface area contributed by atoms with Crippen molar-refractivity contribution in [1.29, 1.82) is 0 Å². The van der Waals surface area contributed by atoms with E-state index in [2.05, 4.69) is 4.98 Å². The molecule has 0 fully saturated rings. The van der Waals surface area contributed by atoms with Crippen LogP contribution in [0.2, 0.25) is 0 Å². The molecule has 0 spiro atoms. The first-order valence-corrected chi connectivity index (χ1v) is 5.08. The average Bonchev–Trinajstić information content (AvgIpc) is 2.22. The molecular weight excluding hydrogens is 209 g/mol. The molecular formula is C12H14FNO2. The molecule has 1 aromatic heterocycles. The number of nitrogens with zero attached hydrogens (tertiary/aromatic N) is 1. The van der Waals surface area contributed by atoms with Crippen molar-refractivity contribution < 1.29 is 13.9 Å². The molecule has 0 aliphatic heterocycles. The fourth-order valence-electron chi connectivity index (χ4n) is 1.22. The summed E-state index contributed by atoms with van der Waals surface area (Å²) in [6, 6.07) is 2.91. The highest BCUT2D eigenvalue weighted by molar-refractivity contribution is 5.72. The second kappa shape index (κ2) is 6.00. The van der Waals surface area contributed by atoms with E-state index in [4.69, 9.17) is 4.74 Å². The van der Waals surface area contributed by atoms with Gasteiger partial charge in [0.2, 0.25) is 5.95 Å². The number of hydrogen-bond acceptors (Lipinski definition) is 3. The van der Waals surface area contributed by atoms with E-state index in [9.17, 15) is 9.18 Å². The van der Waals surface area contributed by atoms with E-state index < -0.39 is 5.95 Å². The molecule has 0 N–H and O–H groups in total. The predicted octanol–water partition coefficient (Wildman–Crippen LogP) is 2.50. The van der Waals surface area contributed by atoms with Gasteiger partial charge in [0, 0.05) is 5.69 Å². The largest absolute Gasteiger partial charge is 0.466 e. The average molecular weight is 223 g/mol. The molecule has 0 aliphatic rings. The molecule has 0 aliphatic carbocycles. The van der Waals surface area contributed by atoms with Gasteiger partial charge in [-0.25, -0.2) is 4.98 Å². The summed E-state index contributed by atoms with van der Waals surface area (Å²) in [5.74, 6) is -0.772. The first-order valence-electron chi connectivity index (χ1n) is 5.08. The Bertz CT molecular complexity index is 402. The van der Waals surface area contributed by atoms with Gasteiger partial charge in [-0.1, -0.05) is 12.2 Å². The number of carbonyl (C=O) groups excluding carboxylic acids is 1. The lowest BCUT2D eigenvalue weighted by atomic mass is 10.2. The zero-order chi connectivity index (χ0) is 12.0. The zero-order valence-corrected chi connectivity index (χ0v) is 9.37. The van der Waals surface area contributed by atoms with Crippen LogP contribution in [0.1, 0.15) is 24.6 Å². The van der Waals surface area contributed by atoms with Crippen molar-refractivity contribution in [2.24, 2.45) is 0 Å². The summed E-state index contributed by atoms with van der Waals surface area (Å²) in [6.45, 7) is 3.85. The second-order valence-corrected chi connectivity index (χ2v) is 3.22. The third kappa shape index (κ3) is 3.81. The van der Waals surface area contributed by atoms with E-state index in [1.807, 2.05) is 0 Å². The zero-order valence-electron chi connectivity index (χ0n) is 9.37. The summed E-state index contributed by atoms with van der Waals surface area (Å²) in [5, 5.41) is 0. The monoisotopic (exact) mass is 223 g/mol. The molecule has 1 heterocycles. The third-order valence-corrected chi connectivity index (χ3v) is 1.98. The minimum absolute atomic E-state index is 0.213. The number of aromatic nitrogens is 1. The summed E-state index contributed by atoms with van der Waals surface area (Å²) >= 11 is 0. The van der Waals surface area contributed by atoms with E-state index in [1.165, 1.54) is 6.07 Å². The van der Waals surface area contributed by atoms with Crippen LogP contribution in [0.5, 0.6) is 0 Å². The number of aryl methyl sites for hydroxylation is 1. The summed E-state index contributed by atoms with van der Waals surface area (Å²) in [5.41, 5.74) is 1.39. The van der Waals surface area contributed by atoms with E-state index in [0.717, 1.165) is 5.56 Å². The summed E-state index contributed by atoms with van der Waals surface area (Å²) in [4.78, 5) is 14.7. The van der Waals surface area contributed by atoms with Crippen LogP contribution >= 0.6 is 0 Å². The highest BCUT2D eigenvalue weighted by Gasteiger charge is 1.99. The lowest BCUT2D eigenvalue weighted by Crippen LogP contribution is -2.01. The first-order chi connectivity index (χ1) is 7.63. The predicted molar refractivity (Wildman–Crippen MR) is 59.2 cm³/mol. The molecule has 4 heteroatoms. The van der Waals surface area contributed by atoms with Crippen molar-refractivity contribution in [2.75, 3.05) is 6.61 Å². The van der Waals surface area contributed by atoms with Crippen LogP contribution in [-0.2, 0) is 9.53 Å². The van der Waals surface area contributed by atoms with Crippen LogP contribution in [0, 0.1) is 12.9 Å². The Balaban J connectivity index is 2.59. The van der Waals surface area contributed by atoms with Gasteiger partial charge in [-0.15, -0.1) is 0 Å². The number of hydrogen-bond donors (Lipinski definition) is 0. The summed E-state index contributed by atoms with van der Waals surface area (Å²) in [7, 11) is 0. The Morgan fingerprint density at radius 2 is 2.31 bits per heavy atom. The summed E-state index contributed by atoms with van der Waals surface area (Å²) in [6.07, 6.45) is 3.63. The van der Waals surface area contributed by atoms with Gasteiger partial charge in [0.05, 0.1) is 13.0 Å². The molecule has 0 saturated heterocycles. The Labute approximate surface area is 94.0 Å². The second-order valence-electron chi connectivity index (χ2n) is 3.22. The van der Waals surface area contributed by atoms with Gasteiger partial charge in [-0.05, 0) is 31.5 Å². The topological polar surface area (TPSA) is 39.2 Å². The van der Waals surface area contributed by atoms with Crippen LogP contribution in [0.3, 0.4) is 0 Å². The molecule has 3 nitrogen and oxygen atoms in total. The minimum Gasteiger partial charge on any atom is -0.466 e. The van der Waals surface area contributed by atoms with E-state index >= 15 is 0 Å². The lowest BCUT2D eigenvalue weighted by molar-refractivity contribution is -0.142. The molecule has 1 rings (SSSR count). The van der Waals surface area contributed by atoms with Crippen LogP contribution in [0.4, 0.5) is 4.39 Å². The van der Waals surface area contributed by atoms with Gasteiger partial charge in [0.1, 0.15) is 0 Å². The first kappa shape index (κ1) is 12.4. The van der Waals surface area contributed by atoms with Gasteiger partial charge in [-0.2, -0.15) is 4.39 Å². The van der Waals surface area contributed by atoms with Crippen LogP contribution in [0.25, 0.3) is 6.08 Å². The van der Waals surface area contributed by atoms with Crippen molar-refractivity contribution in [3.8, 4) is 0 Å². The minimum atomic E-state index is -0.500. The molecule has 86 valence electrons. The maximum atomic E-state index is 12.7. The van der Waals surface area contributed by atoms with Gasteiger partial charge >= 0.3 is 5.97 Å². The highest BCUT2D eigenvalue weighted by Crippen LogP contribution is 2.08. The highest BCUT2D eigenvalue weighted by atomic mass is 19.1. The fourth-order valence-corrected chi connectivity index (χ4v) is 1.22. The van der Waals surface area contributed by atoms with Crippen LogP contribution in [0.15, 0.2) is 18.2 Å². The Morgan fingerprint density at radius 1 is 1.56 bits per heavy atom. The summed E-state index contributed by atoms with van der Waals surface area (Å²) < 4.78 is 17.5. The maximum Gasteiger partial charge on any atom is 0.309 e. The van der Waals surface area contributed by atoms with E-state index in [0.29, 0.717) is 12.3 Å². The number of ether oxygens (including phenoxy) is 1. The number of esters is 1. The van der Waals surface area contributed by atoms with Crippen LogP contribution in [-0.4, -0.2) is 17.6 Å². The molecule has 1 aromatic rings. The fraction of sp³-hybridized carbons (Fsp3) is 0.333. The lowest BCUT2D eigenvalue weighted by Gasteiger charge is -1.99. The smallest absolute Gasteiger partial charge is 0.309 e. The molecule has 0 atom stereocenters. The third-order valence-electron chi connectivity index (χ3n) is 1.98. The molecule has 0 amide bonds. The van der Waals surface area contributed by atoms with Gasteiger partial charge in [-0.3, -0.25) is 4.79 Å². The van der Waals surface area contributed by atoms with Crippen molar-refractivity contribution in [3.63, 3.8) is 0 Å². The number of carbonyl (C=O) groups is 1. The Morgan fingerprint density at radius 3 is 2.94 bits per heavy atom. The number of halogens is 1. The SMILES string of the molecule is CCOC(=O)CC=Cc1ccc(F)nc1C. The standard InChI is InChI=1S/C12H14FNO2/c1-3-16-12(15)6-4-5-10-7-8-11(13)14-9(10)2/h4-5,7-8H,3,6H2,1-2H3. The molecule has 0 unspecified atom stereocenters. The molecule has 0 radical (unpaired) electrons. The van der Waals surface area contributed by atoms with Gasteiger partial charge in [0.25, 0.3) is 0 Å². The maximum absolute atomic E-state index is 12.7. The quantitative estimate of drug-likeness (QED) is 0.581. The molecule has 0 bridgehead atoms. The normalized spacial score (nSPS) is 10.7. The molecule has 0 saturated carbocycles. The Hall–Kier alpha value is -1.71. The number of pyridine rings is 1. The molecule has 0 aromatic carbocycles. The molecule has 16 heavy (non-hydrogen) atoms. The number of rotatable bonds is 4. The van der Waals surface area contributed by atoms with Crippen molar-refractivity contribution in [2.45, 2.75) is 20.3 Å². The van der Waals surface area contributed by atoms with E-state index in [-0.39, 0.29) is 12.4 Å². The Kier molecular flexibility index (Phi) is 4.64. The van der Waals surface area contributed by atoms with Crippen molar-refractivity contribution in [3.05, 3.63) is 35.4 Å². The van der Waals surface area contributed by atoms with Crippen molar-refractivity contribution in [1.82, 2.24) is 4.98 Å². The van der Waals surface area contributed by atoms with Crippen LogP contribution < -0.4 is 0 Å².